The smallest absolute Gasteiger partial charge is 0.269 e. The van der Waals surface area contributed by atoms with E-state index in [-0.39, 0.29) is 23.6 Å². The van der Waals surface area contributed by atoms with Crippen LogP contribution in [0.25, 0.3) is 0 Å². The molecule has 1 aromatic carbocycles. The minimum atomic E-state index is -0.377. The summed E-state index contributed by atoms with van der Waals surface area (Å²) in [7, 11) is 0. The molecule has 0 aliphatic rings. The topological polar surface area (TPSA) is 87.3 Å². The van der Waals surface area contributed by atoms with Gasteiger partial charge in [-0.3, -0.25) is 25.2 Å². The van der Waals surface area contributed by atoms with Gasteiger partial charge >= 0.3 is 0 Å². The monoisotopic (exact) mass is 445 g/mol. The van der Waals surface area contributed by atoms with Crippen molar-refractivity contribution in [1.29, 1.82) is 0 Å². The van der Waals surface area contributed by atoms with Crippen molar-refractivity contribution in [1.82, 2.24) is 10.9 Å². The Kier molecular flexibility index (Phi) is 14.9. The van der Waals surface area contributed by atoms with E-state index in [2.05, 4.69) is 23.1 Å². The average Bonchev–Trinajstić information content (AvgIpc) is 2.75. The van der Waals surface area contributed by atoms with Gasteiger partial charge in [0, 0.05) is 24.1 Å². The van der Waals surface area contributed by atoms with E-state index in [1.54, 1.807) is 24.3 Å². The van der Waals surface area contributed by atoms with Crippen LogP contribution in [0, 0.1) is 5.92 Å². The normalized spacial score (nSPS) is 10.8. The van der Waals surface area contributed by atoms with Crippen molar-refractivity contribution in [2.75, 3.05) is 5.32 Å². The zero-order valence-corrected chi connectivity index (χ0v) is 20.3. The molecule has 0 saturated heterocycles. The first-order valence-electron chi connectivity index (χ1n) is 12.4. The molecule has 0 aliphatic carbocycles. The Balaban J connectivity index is 2.11. The van der Waals surface area contributed by atoms with Crippen LogP contribution in [-0.4, -0.2) is 17.7 Å². The second kappa shape index (κ2) is 17.2. The first kappa shape index (κ1) is 27.7. The summed E-state index contributed by atoms with van der Waals surface area (Å²) in [5, 5.41) is 2.80. The summed E-state index contributed by atoms with van der Waals surface area (Å²) in [5.74, 6) is -0.315. The van der Waals surface area contributed by atoms with E-state index < -0.39 is 0 Å². The lowest BCUT2D eigenvalue weighted by molar-refractivity contribution is -0.122. The van der Waals surface area contributed by atoms with Crippen molar-refractivity contribution in [2.24, 2.45) is 5.92 Å². The maximum atomic E-state index is 12.2. The number of hydrogen-bond donors (Lipinski definition) is 3. The van der Waals surface area contributed by atoms with E-state index in [4.69, 9.17) is 0 Å². The lowest BCUT2D eigenvalue weighted by Gasteiger charge is -2.09. The minimum Gasteiger partial charge on any atom is -0.326 e. The van der Waals surface area contributed by atoms with Crippen LogP contribution in [0.4, 0.5) is 5.69 Å². The van der Waals surface area contributed by atoms with Gasteiger partial charge in [0.1, 0.15) is 0 Å². The van der Waals surface area contributed by atoms with Crippen molar-refractivity contribution in [3.05, 3.63) is 29.8 Å². The molecule has 180 valence electrons. The zero-order chi connectivity index (χ0) is 23.6. The molecule has 6 heteroatoms. The largest absolute Gasteiger partial charge is 0.326 e. The lowest BCUT2D eigenvalue weighted by Crippen LogP contribution is -2.41. The van der Waals surface area contributed by atoms with Crippen molar-refractivity contribution in [3.8, 4) is 0 Å². The van der Waals surface area contributed by atoms with Gasteiger partial charge in [0.25, 0.3) is 5.91 Å². The van der Waals surface area contributed by atoms with E-state index in [1.807, 2.05) is 13.8 Å². The van der Waals surface area contributed by atoms with Gasteiger partial charge in [-0.15, -0.1) is 0 Å². The molecule has 0 spiro atoms. The van der Waals surface area contributed by atoms with Gasteiger partial charge < -0.3 is 5.32 Å². The number of benzene rings is 1. The summed E-state index contributed by atoms with van der Waals surface area (Å²) in [5.41, 5.74) is 5.99. The molecular weight excluding hydrogens is 402 g/mol. The molecule has 0 radical (unpaired) electrons. The third-order valence-electron chi connectivity index (χ3n) is 5.35. The van der Waals surface area contributed by atoms with Crippen LogP contribution in [0.15, 0.2) is 24.3 Å². The van der Waals surface area contributed by atoms with Gasteiger partial charge in [-0.1, -0.05) is 85.0 Å². The van der Waals surface area contributed by atoms with E-state index in [1.165, 1.54) is 51.4 Å². The molecule has 0 saturated carbocycles. The fourth-order valence-corrected chi connectivity index (χ4v) is 3.50. The van der Waals surface area contributed by atoms with Crippen LogP contribution in [0.1, 0.15) is 115 Å². The summed E-state index contributed by atoms with van der Waals surface area (Å²) >= 11 is 0. The Labute approximate surface area is 194 Å². The Morgan fingerprint density at radius 1 is 0.719 bits per heavy atom. The second-order valence-corrected chi connectivity index (χ2v) is 9.01. The van der Waals surface area contributed by atoms with E-state index in [0.29, 0.717) is 24.1 Å². The molecule has 6 nitrogen and oxygen atoms in total. The van der Waals surface area contributed by atoms with E-state index in [9.17, 15) is 14.4 Å². The molecule has 0 aromatic heterocycles. The summed E-state index contributed by atoms with van der Waals surface area (Å²) in [6.07, 6.45) is 14.5. The summed E-state index contributed by atoms with van der Waals surface area (Å²) in [4.78, 5) is 35.9. The van der Waals surface area contributed by atoms with Crippen molar-refractivity contribution in [3.63, 3.8) is 0 Å². The average molecular weight is 446 g/mol. The third-order valence-corrected chi connectivity index (χ3v) is 5.35. The molecule has 1 aromatic rings. The van der Waals surface area contributed by atoms with Crippen LogP contribution < -0.4 is 16.2 Å². The first-order valence-corrected chi connectivity index (χ1v) is 12.4. The van der Waals surface area contributed by atoms with Gasteiger partial charge in [0.2, 0.25) is 11.8 Å². The predicted molar refractivity (Wildman–Crippen MR) is 131 cm³/mol. The molecule has 1 rings (SSSR count). The summed E-state index contributed by atoms with van der Waals surface area (Å²) in [6, 6.07) is 6.60. The lowest BCUT2D eigenvalue weighted by atomic mass is 10.1. The predicted octanol–water partition coefficient (Wildman–Crippen LogP) is 6.13. The van der Waals surface area contributed by atoms with E-state index >= 15 is 0 Å². The highest BCUT2D eigenvalue weighted by atomic mass is 16.2. The molecule has 0 heterocycles. The Morgan fingerprint density at radius 3 is 1.78 bits per heavy atom. The SMILES string of the molecule is CCCCCCCCCCCCCC(=O)NNC(=O)c1ccc(NC(=O)CC(C)C)cc1. The highest BCUT2D eigenvalue weighted by Crippen LogP contribution is 2.13. The number of carbonyl (C=O) groups is 3. The van der Waals surface area contributed by atoms with Crippen LogP contribution in [0.3, 0.4) is 0 Å². The van der Waals surface area contributed by atoms with Crippen LogP contribution >= 0.6 is 0 Å². The first-order chi connectivity index (χ1) is 15.4. The molecular formula is C26H43N3O3. The number of nitrogens with one attached hydrogen (secondary N) is 3. The zero-order valence-electron chi connectivity index (χ0n) is 20.3. The molecule has 32 heavy (non-hydrogen) atoms. The summed E-state index contributed by atoms with van der Waals surface area (Å²) < 4.78 is 0. The van der Waals surface area contributed by atoms with Crippen molar-refractivity contribution >= 4 is 23.4 Å². The van der Waals surface area contributed by atoms with Gasteiger partial charge in [-0.05, 0) is 36.6 Å². The number of amides is 3. The maximum absolute atomic E-state index is 12.2. The maximum Gasteiger partial charge on any atom is 0.269 e. The van der Waals surface area contributed by atoms with Crippen molar-refractivity contribution < 1.29 is 14.4 Å². The number of hydrazine groups is 1. The number of carbonyl (C=O) groups excluding carboxylic acids is 3. The van der Waals surface area contributed by atoms with Crippen LogP contribution in [0.5, 0.6) is 0 Å². The molecule has 0 atom stereocenters. The quantitative estimate of drug-likeness (QED) is 0.211. The molecule has 0 fully saturated rings. The highest BCUT2D eigenvalue weighted by Gasteiger charge is 2.09. The number of rotatable bonds is 16. The van der Waals surface area contributed by atoms with Gasteiger partial charge in [-0.25, -0.2) is 0 Å². The Bertz CT molecular complexity index is 671. The van der Waals surface area contributed by atoms with Crippen LogP contribution in [-0.2, 0) is 9.59 Å². The Hall–Kier alpha value is -2.37. The molecule has 0 bridgehead atoms. The fraction of sp³-hybridized carbons (Fsp3) is 0.654. The number of hydrogen-bond acceptors (Lipinski definition) is 3. The number of unbranched alkanes of at least 4 members (excludes halogenated alkanes) is 10. The summed E-state index contributed by atoms with van der Waals surface area (Å²) in [6.45, 7) is 6.21. The standard InChI is InChI=1S/C26H43N3O3/c1-4-5-6-7-8-9-10-11-12-13-14-15-24(30)28-29-26(32)22-16-18-23(19-17-22)27-25(31)20-21(2)3/h16-19,21H,4-15,20H2,1-3H3,(H,27,31)(H,28,30)(H,29,32). The third kappa shape index (κ3) is 13.8. The van der Waals surface area contributed by atoms with Crippen LogP contribution in [0.2, 0.25) is 0 Å². The highest BCUT2D eigenvalue weighted by molar-refractivity contribution is 5.96. The molecule has 3 N–H and O–H groups in total. The minimum absolute atomic E-state index is 0.0492. The van der Waals surface area contributed by atoms with Gasteiger partial charge in [0.05, 0.1) is 0 Å². The van der Waals surface area contributed by atoms with Gasteiger partial charge in [0.15, 0.2) is 0 Å². The number of anilines is 1. The molecule has 0 aliphatic heterocycles. The van der Waals surface area contributed by atoms with Gasteiger partial charge in [-0.2, -0.15) is 0 Å². The fourth-order valence-electron chi connectivity index (χ4n) is 3.50. The molecule has 0 unspecified atom stereocenters. The van der Waals surface area contributed by atoms with E-state index in [0.717, 1.165) is 19.3 Å². The Morgan fingerprint density at radius 2 is 1.25 bits per heavy atom. The van der Waals surface area contributed by atoms with Crippen molar-refractivity contribution in [2.45, 2.75) is 104 Å². The molecule has 3 amide bonds. The second-order valence-electron chi connectivity index (χ2n) is 9.01.